The number of benzene rings is 1. The van der Waals surface area contributed by atoms with Crippen LogP contribution in [0.1, 0.15) is 5.56 Å². The molecular formula is C13H18N2O4. The molecule has 0 aromatic heterocycles. The fraction of sp³-hybridized carbons (Fsp3) is 0.385. The summed E-state index contributed by atoms with van der Waals surface area (Å²) in [6.07, 6.45) is 0. The molecule has 0 unspecified atom stereocenters. The van der Waals surface area contributed by atoms with E-state index in [1.54, 1.807) is 0 Å². The third-order valence-electron chi connectivity index (χ3n) is 2.52. The quantitative estimate of drug-likeness (QED) is 0.583. The summed E-state index contributed by atoms with van der Waals surface area (Å²) in [5.41, 5.74) is 0.888. The predicted octanol–water partition coefficient (Wildman–Crippen LogP) is -0.884. The molecule has 0 saturated heterocycles. The van der Waals surface area contributed by atoms with Crippen molar-refractivity contribution in [1.82, 2.24) is 10.2 Å². The summed E-state index contributed by atoms with van der Waals surface area (Å²) in [6.45, 7) is -0.191. The lowest BCUT2D eigenvalue weighted by atomic mass is 10.2. The summed E-state index contributed by atoms with van der Waals surface area (Å²) < 4.78 is 0. The number of carbonyl (C=O) groups is 2. The maximum atomic E-state index is 11.7. The van der Waals surface area contributed by atoms with Gasteiger partial charge in [-0.05, 0) is 5.56 Å². The van der Waals surface area contributed by atoms with Gasteiger partial charge in [0.2, 0.25) is 0 Å². The van der Waals surface area contributed by atoms with Crippen LogP contribution in [0.15, 0.2) is 30.3 Å². The molecule has 3 N–H and O–H groups in total. The minimum Gasteiger partial charge on any atom is -0.395 e. The molecule has 0 saturated carbocycles. The van der Waals surface area contributed by atoms with Gasteiger partial charge in [-0.3, -0.25) is 9.59 Å². The van der Waals surface area contributed by atoms with E-state index in [-0.39, 0.29) is 32.8 Å². The summed E-state index contributed by atoms with van der Waals surface area (Å²) in [7, 11) is 0. The molecule has 0 atom stereocenters. The molecule has 0 radical (unpaired) electrons. The first-order chi connectivity index (χ1) is 9.19. The Hall–Kier alpha value is -1.92. The lowest BCUT2D eigenvalue weighted by Crippen LogP contribution is -2.45. The number of nitrogens with one attached hydrogen (secondary N) is 1. The Morgan fingerprint density at radius 1 is 1.05 bits per heavy atom. The molecule has 0 heterocycles. The van der Waals surface area contributed by atoms with Gasteiger partial charge in [-0.25, -0.2) is 0 Å². The van der Waals surface area contributed by atoms with Crippen LogP contribution < -0.4 is 5.32 Å². The molecule has 0 fully saturated rings. The molecule has 1 aromatic carbocycles. The summed E-state index contributed by atoms with van der Waals surface area (Å²) in [6, 6.07) is 9.22. The van der Waals surface area contributed by atoms with Gasteiger partial charge in [-0.1, -0.05) is 30.3 Å². The van der Waals surface area contributed by atoms with Crippen molar-refractivity contribution in [2.45, 2.75) is 6.54 Å². The van der Waals surface area contributed by atoms with E-state index in [0.29, 0.717) is 0 Å². The van der Waals surface area contributed by atoms with Crippen LogP contribution in [-0.2, 0) is 16.1 Å². The number of amides is 2. The number of nitrogens with zero attached hydrogens (tertiary/aromatic N) is 1. The lowest BCUT2D eigenvalue weighted by Gasteiger charge is -2.19. The standard InChI is InChI=1S/C13H18N2O4/c16-8-6-15(7-9-17)13(19)12(18)14-10-11-4-2-1-3-5-11/h1-5,16-17H,6-10H2,(H,14,18). The van der Waals surface area contributed by atoms with Crippen molar-refractivity contribution in [2.24, 2.45) is 0 Å². The van der Waals surface area contributed by atoms with Gasteiger partial charge >= 0.3 is 11.8 Å². The molecule has 2 amide bonds. The molecule has 6 heteroatoms. The average Bonchev–Trinajstić information content (AvgIpc) is 2.45. The normalized spacial score (nSPS) is 10.0. The molecule has 0 aliphatic rings. The Morgan fingerprint density at radius 2 is 1.63 bits per heavy atom. The van der Waals surface area contributed by atoms with Gasteiger partial charge in [0.25, 0.3) is 0 Å². The van der Waals surface area contributed by atoms with Crippen molar-refractivity contribution in [3.63, 3.8) is 0 Å². The zero-order chi connectivity index (χ0) is 14.1. The van der Waals surface area contributed by atoms with Crippen LogP contribution in [-0.4, -0.2) is 53.2 Å². The molecule has 6 nitrogen and oxygen atoms in total. The second kappa shape index (κ2) is 8.23. The van der Waals surface area contributed by atoms with Crippen molar-refractivity contribution in [1.29, 1.82) is 0 Å². The molecule has 1 aromatic rings. The first-order valence-corrected chi connectivity index (χ1v) is 6.01. The zero-order valence-corrected chi connectivity index (χ0v) is 10.6. The van der Waals surface area contributed by atoms with E-state index in [4.69, 9.17) is 10.2 Å². The average molecular weight is 266 g/mol. The Labute approximate surface area is 111 Å². The largest absolute Gasteiger partial charge is 0.395 e. The Bertz CT molecular complexity index is 402. The van der Waals surface area contributed by atoms with Crippen molar-refractivity contribution < 1.29 is 19.8 Å². The minimum absolute atomic E-state index is 0.0259. The Morgan fingerprint density at radius 3 is 2.16 bits per heavy atom. The summed E-state index contributed by atoms with van der Waals surface area (Å²) >= 11 is 0. The van der Waals surface area contributed by atoms with E-state index in [1.807, 2.05) is 30.3 Å². The van der Waals surface area contributed by atoms with Gasteiger partial charge in [0, 0.05) is 19.6 Å². The van der Waals surface area contributed by atoms with Crippen molar-refractivity contribution >= 4 is 11.8 Å². The number of hydrogen-bond donors (Lipinski definition) is 3. The third kappa shape index (κ3) is 5.07. The summed E-state index contributed by atoms with van der Waals surface area (Å²) in [4.78, 5) is 24.5. The van der Waals surface area contributed by atoms with Gasteiger partial charge in [-0.15, -0.1) is 0 Å². The van der Waals surface area contributed by atoms with Crippen LogP contribution in [0.3, 0.4) is 0 Å². The van der Waals surface area contributed by atoms with Crippen molar-refractivity contribution in [3.05, 3.63) is 35.9 Å². The highest BCUT2D eigenvalue weighted by Crippen LogP contribution is 1.97. The van der Waals surface area contributed by atoms with Crippen LogP contribution in [0.4, 0.5) is 0 Å². The first kappa shape index (κ1) is 15.1. The topological polar surface area (TPSA) is 89.9 Å². The van der Waals surface area contributed by atoms with E-state index >= 15 is 0 Å². The maximum absolute atomic E-state index is 11.7. The van der Waals surface area contributed by atoms with E-state index in [1.165, 1.54) is 0 Å². The van der Waals surface area contributed by atoms with Crippen LogP contribution in [0.25, 0.3) is 0 Å². The smallest absolute Gasteiger partial charge is 0.312 e. The highest BCUT2D eigenvalue weighted by molar-refractivity contribution is 6.34. The number of aliphatic hydroxyl groups is 2. The van der Waals surface area contributed by atoms with Crippen LogP contribution >= 0.6 is 0 Å². The number of hydrogen-bond acceptors (Lipinski definition) is 4. The van der Waals surface area contributed by atoms with Gasteiger partial charge in [0.15, 0.2) is 0 Å². The van der Waals surface area contributed by atoms with E-state index in [2.05, 4.69) is 5.32 Å². The fourth-order valence-corrected chi connectivity index (χ4v) is 1.55. The summed E-state index contributed by atoms with van der Waals surface area (Å²) in [5, 5.41) is 20.1. The molecule has 104 valence electrons. The predicted molar refractivity (Wildman–Crippen MR) is 69.0 cm³/mol. The van der Waals surface area contributed by atoms with Crippen LogP contribution in [0.2, 0.25) is 0 Å². The lowest BCUT2D eigenvalue weighted by molar-refractivity contribution is -0.146. The monoisotopic (exact) mass is 266 g/mol. The van der Waals surface area contributed by atoms with Gasteiger partial charge in [0.1, 0.15) is 0 Å². The Balaban J connectivity index is 2.49. The molecule has 0 aliphatic carbocycles. The van der Waals surface area contributed by atoms with Crippen LogP contribution in [0.5, 0.6) is 0 Å². The second-order valence-electron chi connectivity index (χ2n) is 3.91. The second-order valence-corrected chi connectivity index (χ2v) is 3.91. The fourth-order valence-electron chi connectivity index (χ4n) is 1.55. The summed E-state index contributed by atoms with van der Waals surface area (Å²) in [5.74, 6) is -1.50. The van der Waals surface area contributed by atoms with E-state index in [9.17, 15) is 9.59 Å². The van der Waals surface area contributed by atoms with Crippen molar-refractivity contribution in [2.75, 3.05) is 26.3 Å². The van der Waals surface area contributed by atoms with Gasteiger partial charge < -0.3 is 20.4 Å². The highest BCUT2D eigenvalue weighted by Gasteiger charge is 2.20. The first-order valence-electron chi connectivity index (χ1n) is 6.01. The van der Waals surface area contributed by atoms with E-state index < -0.39 is 11.8 Å². The third-order valence-corrected chi connectivity index (χ3v) is 2.52. The Kier molecular flexibility index (Phi) is 6.56. The maximum Gasteiger partial charge on any atom is 0.312 e. The zero-order valence-electron chi connectivity index (χ0n) is 10.6. The highest BCUT2D eigenvalue weighted by atomic mass is 16.3. The van der Waals surface area contributed by atoms with Crippen LogP contribution in [0, 0.1) is 0 Å². The molecule has 0 bridgehead atoms. The number of carbonyl (C=O) groups excluding carboxylic acids is 2. The minimum atomic E-state index is -0.751. The molecule has 0 aliphatic heterocycles. The number of aliphatic hydroxyl groups excluding tert-OH is 2. The number of rotatable bonds is 6. The molecular weight excluding hydrogens is 248 g/mol. The van der Waals surface area contributed by atoms with Gasteiger partial charge in [-0.2, -0.15) is 0 Å². The van der Waals surface area contributed by atoms with Gasteiger partial charge in [0.05, 0.1) is 13.2 Å². The molecule has 19 heavy (non-hydrogen) atoms. The molecule has 0 spiro atoms. The SMILES string of the molecule is O=C(NCc1ccccc1)C(=O)N(CCO)CCO. The molecule has 1 rings (SSSR count). The van der Waals surface area contributed by atoms with E-state index in [0.717, 1.165) is 10.5 Å². The van der Waals surface area contributed by atoms with Crippen molar-refractivity contribution in [3.8, 4) is 0 Å².